The molecule has 1 unspecified atom stereocenters. The first kappa shape index (κ1) is 17.8. The largest absolute Gasteiger partial charge is 0.374 e. The summed E-state index contributed by atoms with van der Waals surface area (Å²) >= 11 is 6.01. The first-order chi connectivity index (χ1) is 12.3. The second kappa shape index (κ2) is 6.68. The van der Waals surface area contributed by atoms with Gasteiger partial charge in [-0.05, 0) is 43.3 Å². The second-order valence-corrected chi connectivity index (χ2v) is 6.45. The van der Waals surface area contributed by atoms with Crippen molar-refractivity contribution in [3.63, 3.8) is 0 Å². The molecule has 0 fully saturated rings. The smallest absolute Gasteiger partial charge is 0.274 e. The molecule has 2 aromatic heterocycles. The number of amides is 1. The van der Waals surface area contributed by atoms with Gasteiger partial charge >= 0.3 is 0 Å². The number of benzene rings is 1. The number of fused-ring (bicyclic) bond motifs is 1. The predicted molar refractivity (Wildman–Crippen MR) is 102 cm³/mol. The van der Waals surface area contributed by atoms with Crippen molar-refractivity contribution in [1.82, 2.24) is 9.55 Å². The Morgan fingerprint density at radius 2 is 1.96 bits per heavy atom. The Balaban J connectivity index is 1.99. The lowest BCUT2D eigenvalue weighted by Gasteiger charge is -2.16. The highest BCUT2D eigenvalue weighted by molar-refractivity contribution is 6.31. The minimum Gasteiger partial charge on any atom is -0.374 e. The zero-order valence-electron chi connectivity index (χ0n) is 14.2. The third kappa shape index (κ3) is 3.21. The Bertz CT molecular complexity index is 1130. The van der Waals surface area contributed by atoms with Crippen molar-refractivity contribution in [3.05, 3.63) is 73.4 Å². The van der Waals surface area contributed by atoms with Gasteiger partial charge in [-0.15, -0.1) is 0 Å². The molecule has 1 amide bonds. The molecule has 3 rings (SSSR count). The molecule has 2 heterocycles. The van der Waals surface area contributed by atoms with Gasteiger partial charge < -0.3 is 20.6 Å². The van der Waals surface area contributed by atoms with Gasteiger partial charge in [-0.1, -0.05) is 11.6 Å². The molecule has 0 radical (unpaired) electrons. The van der Waals surface area contributed by atoms with Crippen LogP contribution in [0.25, 0.3) is 10.9 Å². The fourth-order valence-corrected chi connectivity index (χ4v) is 3.00. The molecule has 8 heteroatoms. The van der Waals surface area contributed by atoms with Crippen LogP contribution in [0.4, 0.5) is 5.69 Å². The quantitative estimate of drug-likeness (QED) is 0.651. The van der Waals surface area contributed by atoms with Gasteiger partial charge in [0.25, 0.3) is 17.0 Å². The number of hydrogen-bond acceptors (Lipinski definition) is 4. The van der Waals surface area contributed by atoms with E-state index in [1.165, 1.54) is 23.7 Å². The maximum atomic E-state index is 12.4. The van der Waals surface area contributed by atoms with E-state index in [0.717, 1.165) is 5.39 Å². The monoisotopic (exact) mass is 372 g/mol. The molecule has 0 saturated heterocycles. The van der Waals surface area contributed by atoms with E-state index in [0.29, 0.717) is 16.1 Å². The number of H-pyrrole nitrogens is 1. The number of nitrogens with one attached hydrogen (secondary N) is 2. The molecule has 0 spiro atoms. The molecule has 1 atom stereocenters. The highest BCUT2D eigenvalue weighted by atomic mass is 35.5. The zero-order chi connectivity index (χ0) is 19.0. The Morgan fingerprint density at radius 1 is 1.23 bits per heavy atom. The summed E-state index contributed by atoms with van der Waals surface area (Å²) in [6, 6.07) is 9.41. The number of aromatic nitrogens is 2. The average Bonchev–Trinajstić information content (AvgIpc) is 2.58. The maximum Gasteiger partial charge on any atom is 0.274 e. The van der Waals surface area contributed by atoms with Crippen LogP contribution >= 0.6 is 11.6 Å². The standard InChI is InChI=1S/C18H17ClN4O3/c1-9(21-14-5-6-15(16(20)24)23(2)18(14)26)12-8-10-7-11(19)3-4-13(10)22-17(12)25/h3-9,21H,1-2H3,(H2,20,24)(H,22,25). The molecule has 0 aliphatic carbocycles. The summed E-state index contributed by atoms with van der Waals surface area (Å²) in [6.45, 7) is 1.77. The lowest BCUT2D eigenvalue weighted by Crippen LogP contribution is -2.29. The highest BCUT2D eigenvalue weighted by Crippen LogP contribution is 2.21. The highest BCUT2D eigenvalue weighted by Gasteiger charge is 2.15. The Labute approximate surface area is 153 Å². The Morgan fingerprint density at radius 3 is 2.65 bits per heavy atom. The van der Waals surface area contributed by atoms with Crippen LogP contribution < -0.4 is 22.2 Å². The first-order valence-electron chi connectivity index (χ1n) is 7.87. The fraction of sp³-hybridized carbons (Fsp3) is 0.167. The van der Waals surface area contributed by atoms with Crippen LogP contribution in [0.3, 0.4) is 0 Å². The van der Waals surface area contributed by atoms with E-state index in [-0.39, 0.29) is 16.9 Å². The molecule has 0 bridgehead atoms. The van der Waals surface area contributed by atoms with Crippen molar-refractivity contribution in [3.8, 4) is 0 Å². The van der Waals surface area contributed by atoms with Gasteiger partial charge in [0, 0.05) is 28.5 Å². The van der Waals surface area contributed by atoms with Crippen LogP contribution in [0, 0.1) is 0 Å². The number of pyridine rings is 2. The molecule has 0 aliphatic rings. The number of anilines is 1. The van der Waals surface area contributed by atoms with Crippen LogP contribution in [0.1, 0.15) is 29.0 Å². The number of rotatable bonds is 4. The summed E-state index contributed by atoms with van der Waals surface area (Å²) in [5.41, 5.74) is 6.07. The summed E-state index contributed by atoms with van der Waals surface area (Å²) in [4.78, 5) is 38.9. The molecule has 26 heavy (non-hydrogen) atoms. The SMILES string of the molecule is CC(Nc1ccc(C(N)=O)n(C)c1=O)c1cc2cc(Cl)ccc2[nH]c1=O. The number of hydrogen-bond donors (Lipinski definition) is 3. The predicted octanol–water partition coefficient (Wildman–Crippen LogP) is 2.15. The van der Waals surface area contributed by atoms with E-state index >= 15 is 0 Å². The van der Waals surface area contributed by atoms with Crippen molar-refractivity contribution >= 4 is 34.1 Å². The van der Waals surface area contributed by atoms with Gasteiger partial charge in [0.05, 0.1) is 6.04 Å². The normalized spacial score (nSPS) is 12.1. The number of halogens is 1. The van der Waals surface area contributed by atoms with Crippen LogP contribution in [0.15, 0.2) is 46.0 Å². The van der Waals surface area contributed by atoms with Gasteiger partial charge in [0.2, 0.25) is 0 Å². The number of carbonyl (C=O) groups excluding carboxylic acids is 1. The third-order valence-electron chi connectivity index (χ3n) is 4.23. The lowest BCUT2D eigenvalue weighted by molar-refractivity contribution is 0.0991. The van der Waals surface area contributed by atoms with Crippen molar-refractivity contribution in [2.75, 3.05) is 5.32 Å². The van der Waals surface area contributed by atoms with Crippen LogP contribution in [-0.4, -0.2) is 15.5 Å². The Kier molecular flexibility index (Phi) is 4.56. The summed E-state index contributed by atoms with van der Waals surface area (Å²) in [5, 5.41) is 4.37. The number of primary amides is 1. The molecule has 1 aromatic carbocycles. The van der Waals surface area contributed by atoms with E-state index in [4.69, 9.17) is 17.3 Å². The number of nitrogens with two attached hydrogens (primary N) is 1. The molecule has 3 aromatic rings. The van der Waals surface area contributed by atoms with E-state index in [9.17, 15) is 14.4 Å². The molecular formula is C18H17ClN4O3. The minimum absolute atomic E-state index is 0.103. The third-order valence-corrected chi connectivity index (χ3v) is 4.47. The van der Waals surface area contributed by atoms with Crippen molar-refractivity contribution in [1.29, 1.82) is 0 Å². The van der Waals surface area contributed by atoms with Gasteiger partial charge in [-0.2, -0.15) is 0 Å². The van der Waals surface area contributed by atoms with Gasteiger partial charge in [-0.25, -0.2) is 0 Å². The molecule has 0 saturated carbocycles. The van der Waals surface area contributed by atoms with E-state index in [1.54, 1.807) is 31.2 Å². The molecule has 7 nitrogen and oxygen atoms in total. The molecular weight excluding hydrogens is 356 g/mol. The second-order valence-electron chi connectivity index (χ2n) is 6.01. The minimum atomic E-state index is -0.688. The van der Waals surface area contributed by atoms with E-state index < -0.39 is 17.5 Å². The number of carbonyl (C=O) groups is 1. The van der Waals surface area contributed by atoms with Gasteiger partial charge in [-0.3, -0.25) is 14.4 Å². The fourth-order valence-electron chi connectivity index (χ4n) is 2.82. The molecule has 134 valence electrons. The van der Waals surface area contributed by atoms with E-state index in [2.05, 4.69) is 10.3 Å². The van der Waals surface area contributed by atoms with Crippen LogP contribution in [0.2, 0.25) is 5.02 Å². The first-order valence-corrected chi connectivity index (χ1v) is 8.24. The van der Waals surface area contributed by atoms with Gasteiger partial charge in [0.1, 0.15) is 11.4 Å². The lowest BCUT2D eigenvalue weighted by atomic mass is 10.1. The van der Waals surface area contributed by atoms with Gasteiger partial charge in [0.15, 0.2) is 0 Å². The summed E-state index contributed by atoms with van der Waals surface area (Å²) in [6.07, 6.45) is 0. The van der Waals surface area contributed by atoms with Crippen LogP contribution in [0.5, 0.6) is 0 Å². The number of aromatic amines is 1. The van der Waals surface area contributed by atoms with Crippen molar-refractivity contribution < 1.29 is 4.79 Å². The zero-order valence-corrected chi connectivity index (χ0v) is 14.9. The topological polar surface area (TPSA) is 110 Å². The van der Waals surface area contributed by atoms with E-state index in [1.807, 2.05) is 0 Å². The summed E-state index contributed by atoms with van der Waals surface area (Å²) in [5.74, 6) is -0.688. The van der Waals surface area contributed by atoms with Crippen molar-refractivity contribution in [2.24, 2.45) is 12.8 Å². The maximum absolute atomic E-state index is 12.4. The average molecular weight is 373 g/mol. The van der Waals surface area contributed by atoms with Crippen molar-refractivity contribution in [2.45, 2.75) is 13.0 Å². The number of nitrogens with zero attached hydrogens (tertiary/aromatic N) is 1. The molecule has 0 aliphatic heterocycles. The summed E-state index contributed by atoms with van der Waals surface area (Å²) in [7, 11) is 1.46. The van der Waals surface area contributed by atoms with Crippen LogP contribution in [-0.2, 0) is 7.05 Å². The molecule has 4 N–H and O–H groups in total. The Hall–Kier alpha value is -3.06. The summed E-state index contributed by atoms with van der Waals surface area (Å²) < 4.78 is 1.17.